The average Bonchev–Trinajstić information content (AvgIpc) is 3.42. The van der Waals surface area contributed by atoms with E-state index in [1.54, 1.807) is 0 Å². The third-order valence-electron chi connectivity index (χ3n) is 14.5. The Morgan fingerprint density at radius 3 is 1.40 bits per heavy atom. The molecular weight excluding hydrogens is 849 g/mol. The third-order valence-corrected chi connectivity index (χ3v) is 14.5. The molecule has 0 spiro atoms. The first-order chi connectivity index (χ1) is 34.6. The maximum atomic E-state index is 2.47. The van der Waals surface area contributed by atoms with E-state index in [0.29, 0.717) is 0 Å². The SMILES string of the molecule is CN1c2ccccc2N(c2ccc3c(-c4cccc(-c5ccc6ccccc6c5)c4)c4cc(N5c6ccccc6N(C)c6ccccc65)ccc4c(/C4=C/C=C\C/C=C\C=C/C4)c3c2)c2ccccc21. The topological polar surface area (TPSA) is 13.0 Å². The summed E-state index contributed by atoms with van der Waals surface area (Å²) < 4.78 is 0. The van der Waals surface area contributed by atoms with Gasteiger partial charge in [0.1, 0.15) is 0 Å². The minimum Gasteiger partial charge on any atom is -0.341 e. The van der Waals surface area contributed by atoms with Gasteiger partial charge in [0.25, 0.3) is 0 Å². The maximum Gasteiger partial charge on any atom is 0.0699 e. The van der Waals surface area contributed by atoms with Gasteiger partial charge in [-0.2, -0.15) is 0 Å². The number of para-hydroxylation sites is 8. The molecule has 0 N–H and O–H groups in total. The molecule has 0 fully saturated rings. The highest BCUT2D eigenvalue weighted by molar-refractivity contribution is 6.21. The van der Waals surface area contributed by atoms with Crippen molar-refractivity contribution in [1.29, 1.82) is 0 Å². The molecule has 334 valence electrons. The fourth-order valence-corrected chi connectivity index (χ4v) is 11.2. The van der Waals surface area contributed by atoms with Gasteiger partial charge in [-0.1, -0.05) is 158 Å². The predicted octanol–water partition coefficient (Wildman–Crippen LogP) is 18.4. The van der Waals surface area contributed by atoms with Gasteiger partial charge in [0.05, 0.1) is 45.5 Å². The van der Waals surface area contributed by atoms with Gasteiger partial charge in [0, 0.05) is 25.5 Å². The van der Waals surface area contributed by atoms with Crippen molar-refractivity contribution in [1.82, 2.24) is 0 Å². The number of fused-ring (bicyclic) bond motifs is 7. The second kappa shape index (κ2) is 17.0. The molecule has 3 aliphatic rings. The van der Waals surface area contributed by atoms with Crippen LogP contribution in [0.25, 0.3) is 60.1 Å². The third kappa shape index (κ3) is 6.83. The quantitative estimate of drug-likeness (QED) is 0.160. The predicted molar refractivity (Wildman–Crippen MR) is 300 cm³/mol. The number of nitrogens with zero attached hydrogens (tertiary/aromatic N) is 4. The molecule has 10 aromatic carbocycles. The van der Waals surface area contributed by atoms with Crippen LogP contribution in [0.5, 0.6) is 0 Å². The summed E-state index contributed by atoms with van der Waals surface area (Å²) in [5.41, 5.74) is 18.8. The van der Waals surface area contributed by atoms with Crippen molar-refractivity contribution >= 4 is 94.8 Å². The minimum atomic E-state index is 0.779. The smallest absolute Gasteiger partial charge is 0.0699 e. The number of hydrogen-bond acceptors (Lipinski definition) is 4. The zero-order valence-corrected chi connectivity index (χ0v) is 39.3. The molecule has 4 nitrogen and oxygen atoms in total. The highest BCUT2D eigenvalue weighted by Crippen LogP contribution is 2.55. The van der Waals surface area contributed by atoms with Crippen molar-refractivity contribution < 1.29 is 0 Å². The van der Waals surface area contributed by atoms with Gasteiger partial charge in [-0.3, -0.25) is 0 Å². The molecule has 0 radical (unpaired) electrons. The van der Waals surface area contributed by atoms with E-state index in [0.717, 1.165) is 47.0 Å². The van der Waals surface area contributed by atoms with Crippen LogP contribution in [-0.4, -0.2) is 14.1 Å². The zero-order valence-electron chi connectivity index (χ0n) is 39.3. The van der Waals surface area contributed by atoms with Crippen LogP contribution in [0.3, 0.4) is 0 Å². The summed E-state index contributed by atoms with van der Waals surface area (Å²) in [6, 6.07) is 74.2. The molecule has 0 saturated heterocycles. The molecular formula is C66H50N4. The molecule has 0 unspecified atom stereocenters. The standard InChI is InChI=1S/C66H50N4/c1-67-57-27-12-16-31-61(57)69(62-32-17-13-28-58(62)67)51-38-40-54-55(43-51)65(46-22-8-6-4-3-5-7-9-23-46)53-39-37-52(70-63-33-18-14-29-59(63)68(2)60-30-15-19-34-64(60)70)44-56(53)66(54)50-26-20-25-48(42-50)49-36-35-45-21-10-11-24-47(45)41-49/h3-4,6-21,23-44H,5,22H2,1-2H3/b4-3-,8-6-,9-7-,46-23+. The molecule has 10 aromatic rings. The van der Waals surface area contributed by atoms with Crippen molar-refractivity contribution in [2.45, 2.75) is 12.8 Å². The van der Waals surface area contributed by atoms with Crippen LogP contribution >= 0.6 is 0 Å². The molecule has 0 bridgehead atoms. The number of anilines is 10. The van der Waals surface area contributed by atoms with Gasteiger partial charge >= 0.3 is 0 Å². The summed E-state index contributed by atoms with van der Waals surface area (Å²) in [7, 11) is 4.35. The highest BCUT2D eigenvalue weighted by Gasteiger charge is 2.30. The fourth-order valence-electron chi connectivity index (χ4n) is 11.2. The zero-order chi connectivity index (χ0) is 46.7. The lowest BCUT2D eigenvalue weighted by atomic mass is 9.83. The molecule has 0 atom stereocenters. The summed E-state index contributed by atoms with van der Waals surface area (Å²) in [6.07, 6.45) is 17.4. The Labute approximate surface area is 409 Å². The number of rotatable bonds is 5. The van der Waals surface area contributed by atoms with Crippen molar-refractivity contribution in [3.63, 3.8) is 0 Å². The van der Waals surface area contributed by atoms with E-state index in [1.807, 2.05) is 0 Å². The monoisotopic (exact) mass is 898 g/mol. The van der Waals surface area contributed by atoms with E-state index in [-0.39, 0.29) is 0 Å². The first-order valence-corrected chi connectivity index (χ1v) is 24.3. The molecule has 2 aliphatic heterocycles. The molecule has 1 aliphatic carbocycles. The van der Waals surface area contributed by atoms with Crippen molar-refractivity contribution in [3.8, 4) is 22.3 Å². The van der Waals surface area contributed by atoms with Crippen molar-refractivity contribution in [2.24, 2.45) is 0 Å². The summed E-state index contributed by atoms with van der Waals surface area (Å²) >= 11 is 0. The Bertz CT molecular complexity index is 3760. The number of benzene rings is 10. The Kier molecular flexibility index (Phi) is 10.1. The summed E-state index contributed by atoms with van der Waals surface area (Å²) in [4.78, 5) is 9.54. The fraction of sp³-hybridized carbons (Fsp3) is 0.0606. The van der Waals surface area contributed by atoms with Gasteiger partial charge in [-0.25, -0.2) is 0 Å². The molecule has 2 heterocycles. The van der Waals surface area contributed by atoms with Crippen LogP contribution in [0, 0.1) is 0 Å². The molecule has 0 aromatic heterocycles. The van der Waals surface area contributed by atoms with Crippen LogP contribution in [0.4, 0.5) is 56.9 Å². The Balaban J connectivity index is 1.12. The van der Waals surface area contributed by atoms with E-state index in [2.05, 4.69) is 276 Å². The van der Waals surface area contributed by atoms with Gasteiger partial charge in [0.2, 0.25) is 0 Å². The second-order valence-corrected chi connectivity index (χ2v) is 18.5. The van der Waals surface area contributed by atoms with Crippen LogP contribution in [-0.2, 0) is 0 Å². The highest BCUT2D eigenvalue weighted by atomic mass is 15.3. The summed E-state index contributed by atoms with van der Waals surface area (Å²) in [5, 5.41) is 7.33. The lowest BCUT2D eigenvalue weighted by Gasteiger charge is -2.39. The second-order valence-electron chi connectivity index (χ2n) is 18.5. The van der Waals surface area contributed by atoms with Crippen LogP contribution in [0.1, 0.15) is 18.4 Å². The molecule has 0 saturated carbocycles. The van der Waals surface area contributed by atoms with Crippen molar-refractivity contribution in [3.05, 3.63) is 248 Å². The van der Waals surface area contributed by atoms with Crippen LogP contribution < -0.4 is 19.6 Å². The molecule has 0 amide bonds. The van der Waals surface area contributed by atoms with E-state index in [1.165, 1.54) is 88.5 Å². The van der Waals surface area contributed by atoms with E-state index < -0.39 is 0 Å². The van der Waals surface area contributed by atoms with Crippen LogP contribution in [0.15, 0.2) is 243 Å². The average molecular weight is 899 g/mol. The number of allylic oxidation sites excluding steroid dienone is 8. The molecule has 13 rings (SSSR count). The van der Waals surface area contributed by atoms with Gasteiger partial charge in [0.15, 0.2) is 0 Å². The van der Waals surface area contributed by atoms with E-state index >= 15 is 0 Å². The van der Waals surface area contributed by atoms with Crippen molar-refractivity contribution in [2.75, 3.05) is 33.7 Å². The summed E-state index contributed by atoms with van der Waals surface area (Å²) in [5.74, 6) is 0. The minimum absolute atomic E-state index is 0.779. The molecule has 4 heteroatoms. The Morgan fingerprint density at radius 2 is 0.800 bits per heavy atom. The first kappa shape index (κ1) is 41.3. The van der Waals surface area contributed by atoms with E-state index in [9.17, 15) is 0 Å². The van der Waals surface area contributed by atoms with Crippen LogP contribution in [0.2, 0.25) is 0 Å². The first-order valence-electron chi connectivity index (χ1n) is 24.3. The van der Waals surface area contributed by atoms with E-state index in [4.69, 9.17) is 0 Å². The number of hydrogen-bond donors (Lipinski definition) is 0. The lowest BCUT2D eigenvalue weighted by Crippen LogP contribution is -2.24. The largest absolute Gasteiger partial charge is 0.341 e. The lowest BCUT2D eigenvalue weighted by molar-refractivity contribution is 1.13. The van der Waals surface area contributed by atoms with Gasteiger partial charge in [-0.05, 0) is 163 Å². The van der Waals surface area contributed by atoms with Gasteiger partial charge in [-0.15, -0.1) is 0 Å². The Morgan fingerprint density at radius 1 is 0.329 bits per heavy atom. The summed E-state index contributed by atoms with van der Waals surface area (Å²) in [6.45, 7) is 0. The Hall–Kier alpha value is -8.86. The molecule has 70 heavy (non-hydrogen) atoms. The maximum absolute atomic E-state index is 2.47. The normalized spacial score (nSPS) is 16.2. The van der Waals surface area contributed by atoms with Gasteiger partial charge < -0.3 is 19.6 Å².